The zero-order valence-corrected chi connectivity index (χ0v) is 12.4. The van der Waals surface area contributed by atoms with Crippen molar-refractivity contribution < 1.29 is 18.3 Å². The fourth-order valence-electron chi connectivity index (χ4n) is 1.40. The molecule has 114 valence electrons. The van der Waals surface area contributed by atoms with Crippen LogP contribution in [0.4, 0.5) is 0 Å². The van der Waals surface area contributed by atoms with E-state index >= 15 is 0 Å². The van der Waals surface area contributed by atoms with Crippen LogP contribution in [0.3, 0.4) is 0 Å². The van der Waals surface area contributed by atoms with Crippen molar-refractivity contribution in [3.63, 3.8) is 0 Å². The molecule has 0 unspecified atom stereocenters. The minimum atomic E-state index is -3.27. The summed E-state index contributed by atoms with van der Waals surface area (Å²) in [5, 5.41) is 11.2. The Balaban J connectivity index is 2.64. The molecule has 0 fully saturated rings. The first-order valence-electron chi connectivity index (χ1n) is 6.21. The highest BCUT2D eigenvalue weighted by atomic mass is 32.2. The summed E-state index contributed by atoms with van der Waals surface area (Å²) >= 11 is 0. The SMILES string of the molecule is CS(=O)(=O)NCCNC(=O)c1ncccc1C#CCCO. The van der Waals surface area contributed by atoms with Crippen LogP contribution in [0.1, 0.15) is 22.5 Å². The molecular formula is C13H17N3O4S. The van der Waals surface area contributed by atoms with Gasteiger partial charge < -0.3 is 10.4 Å². The first-order chi connectivity index (χ1) is 9.94. The molecule has 0 aliphatic carbocycles. The van der Waals surface area contributed by atoms with Gasteiger partial charge in [0.15, 0.2) is 0 Å². The van der Waals surface area contributed by atoms with Gasteiger partial charge in [0.25, 0.3) is 5.91 Å². The zero-order valence-electron chi connectivity index (χ0n) is 11.6. The maximum atomic E-state index is 12.0. The zero-order chi connectivity index (χ0) is 15.7. The van der Waals surface area contributed by atoms with Crippen molar-refractivity contribution in [1.82, 2.24) is 15.0 Å². The van der Waals surface area contributed by atoms with Gasteiger partial charge in [-0.2, -0.15) is 0 Å². The molecule has 3 N–H and O–H groups in total. The molecule has 1 aromatic heterocycles. The van der Waals surface area contributed by atoms with Gasteiger partial charge in [0.1, 0.15) is 5.69 Å². The molecule has 1 heterocycles. The molecule has 1 aromatic rings. The highest BCUT2D eigenvalue weighted by Gasteiger charge is 2.11. The lowest BCUT2D eigenvalue weighted by molar-refractivity contribution is 0.0949. The van der Waals surface area contributed by atoms with Crippen molar-refractivity contribution in [1.29, 1.82) is 0 Å². The van der Waals surface area contributed by atoms with Crippen LogP contribution in [-0.2, 0) is 10.0 Å². The van der Waals surface area contributed by atoms with Crippen LogP contribution >= 0.6 is 0 Å². The highest BCUT2D eigenvalue weighted by molar-refractivity contribution is 7.88. The Hall–Kier alpha value is -1.95. The van der Waals surface area contributed by atoms with E-state index in [0.717, 1.165) is 6.26 Å². The monoisotopic (exact) mass is 311 g/mol. The number of nitrogens with one attached hydrogen (secondary N) is 2. The van der Waals surface area contributed by atoms with E-state index < -0.39 is 15.9 Å². The second-order valence-corrected chi connectivity index (χ2v) is 5.93. The lowest BCUT2D eigenvalue weighted by atomic mass is 10.2. The van der Waals surface area contributed by atoms with Crippen LogP contribution in [0, 0.1) is 11.8 Å². The Labute approximate surface area is 123 Å². The fraction of sp³-hybridized carbons (Fsp3) is 0.385. The predicted molar refractivity (Wildman–Crippen MR) is 78.0 cm³/mol. The minimum Gasteiger partial charge on any atom is -0.395 e. The van der Waals surface area contributed by atoms with E-state index in [1.807, 2.05) is 0 Å². The molecule has 0 bridgehead atoms. The molecule has 0 saturated carbocycles. The standard InChI is InChI=1S/C13H17N3O4S/c1-21(19,20)16-9-8-15-13(18)12-11(5-2-3-10-17)6-4-7-14-12/h4,6-7,16-17H,3,8-10H2,1H3,(H,15,18). The third-order valence-electron chi connectivity index (χ3n) is 2.26. The van der Waals surface area contributed by atoms with E-state index in [4.69, 9.17) is 5.11 Å². The number of rotatable bonds is 6. The van der Waals surface area contributed by atoms with Crippen molar-refractivity contribution >= 4 is 15.9 Å². The quantitative estimate of drug-likeness (QED) is 0.466. The molecule has 0 saturated heterocycles. The van der Waals surface area contributed by atoms with Crippen LogP contribution < -0.4 is 10.0 Å². The first kappa shape index (κ1) is 17.1. The van der Waals surface area contributed by atoms with Crippen LogP contribution in [-0.4, -0.2) is 50.4 Å². The number of aliphatic hydroxyl groups is 1. The van der Waals surface area contributed by atoms with Gasteiger partial charge in [-0.25, -0.2) is 18.1 Å². The van der Waals surface area contributed by atoms with Gasteiger partial charge in [-0.3, -0.25) is 4.79 Å². The summed E-state index contributed by atoms with van der Waals surface area (Å²) in [4.78, 5) is 15.9. The molecule has 0 spiro atoms. The highest BCUT2D eigenvalue weighted by Crippen LogP contribution is 2.03. The molecule has 8 heteroatoms. The number of hydrogen-bond acceptors (Lipinski definition) is 5. The first-order valence-corrected chi connectivity index (χ1v) is 8.11. The molecule has 0 aliphatic heterocycles. The number of carbonyl (C=O) groups excluding carboxylic acids is 1. The summed E-state index contributed by atoms with van der Waals surface area (Å²) < 4.78 is 24.0. The average Bonchev–Trinajstić information content (AvgIpc) is 2.43. The van der Waals surface area contributed by atoms with Gasteiger partial charge in [0.05, 0.1) is 18.4 Å². The molecule has 0 aromatic carbocycles. The Morgan fingerprint density at radius 2 is 2.19 bits per heavy atom. The number of amides is 1. The van der Waals surface area contributed by atoms with Gasteiger partial charge in [-0.05, 0) is 12.1 Å². The summed E-state index contributed by atoms with van der Waals surface area (Å²) in [5.74, 6) is 5.06. The topological polar surface area (TPSA) is 108 Å². The van der Waals surface area contributed by atoms with E-state index in [2.05, 4.69) is 26.9 Å². The molecule has 0 atom stereocenters. The van der Waals surface area contributed by atoms with Crippen LogP contribution in [0.25, 0.3) is 0 Å². The summed E-state index contributed by atoms with van der Waals surface area (Å²) in [6, 6.07) is 3.31. The molecular weight excluding hydrogens is 294 g/mol. The molecule has 21 heavy (non-hydrogen) atoms. The van der Waals surface area contributed by atoms with Gasteiger partial charge in [0.2, 0.25) is 10.0 Å². The summed E-state index contributed by atoms with van der Waals surface area (Å²) in [6.45, 7) is 0.195. The third kappa shape index (κ3) is 6.85. The molecule has 7 nitrogen and oxygen atoms in total. The Morgan fingerprint density at radius 3 is 2.86 bits per heavy atom. The van der Waals surface area contributed by atoms with Gasteiger partial charge >= 0.3 is 0 Å². The number of aromatic nitrogens is 1. The number of sulfonamides is 1. The van der Waals surface area contributed by atoms with E-state index in [9.17, 15) is 13.2 Å². The predicted octanol–water partition coefficient (Wildman–Crippen LogP) is -0.905. The van der Waals surface area contributed by atoms with E-state index in [1.54, 1.807) is 12.1 Å². The fourth-order valence-corrected chi connectivity index (χ4v) is 1.87. The van der Waals surface area contributed by atoms with Crippen molar-refractivity contribution in [3.05, 3.63) is 29.6 Å². The van der Waals surface area contributed by atoms with Crippen LogP contribution in [0.5, 0.6) is 0 Å². The van der Waals surface area contributed by atoms with Gasteiger partial charge in [-0.15, -0.1) is 0 Å². The van der Waals surface area contributed by atoms with Gasteiger partial charge in [-0.1, -0.05) is 11.8 Å². The normalized spacial score (nSPS) is 10.6. The third-order valence-corrected chi connectivity index (χ3v) is 2.99. The second-order valence-electron chi connectivity index (χ2n) is 4.10. The van der Waals surface area contributed by atoms with Crippen molar-refractivity contribution in [2.75, 3.05) is 26.0 Å². The molecule has 0 aliphatic rings. The van der Waals surface area contributed by atoms with Crippen molar-refractivity contribution in [3.8, 4) is 11.8 Å². The van der Waals surface area contributed by atoms with Crippen molar-refractivity contribution in [2.24, 2.45) is 0 Å². The number of carbonyl (C=O) groups is 1. The molecule has 1 rings (SSSR count). The number of hydrogen-bond donors (Lipinski definition) is 3. The van der Waals surface area contributed by atoms with Crippen LogP contribution in [0.15, 0.2) is 18.3 Å². The maximum Gasteiger partial charge on any atom is 0.271 e. The van der Waals surface area contributed by atoms with E-state index in [-0.39, 0.29) is 25.4 Å². The summed E-state index contributed by atoms with van der Waals surface area (Å²) in [5.41, 5.74) is 0.627. The Morgan fingerprint density at radius 1 is 1.43 bits per heavy atom. The largest absolute Gasteiger partial charge is 0.395 e. The lowest BCUT2D eigenvalue weighted by Crippen LogP contribution is -2.34. The summed E-state index contributed by atoms with van der Waals surface area (Å²) in [6.07, 6.45) is 2.83. The Kier molecular flexibility index (Phi) is 6.81. The number of nitrogens with zero attached hydrogens (tertiary/aromatic N) is 1. The van der Waals surface area contributed by atoms with E-state index in [1.165, 1.54) is 6.20 Å². The van der Waals surface area contributed by atoms with E-state index in [0.29, 0.717) is 12.0 Å². The Bertz CT molecular complexity index is 647. The maximum absolute atomic E-state index is 12.0. The van der Waals surface area contributed by atoms with Gasteiger partial charge in [0, 0.05) is 25.7 Å². The minimum absolute atomic E-state index is 0.0496. The number of pyridine rings is 1. The van der Waals surface area contributed by atoms with Crippen molar-refractivity contribution in [2.45, 2.75) is 6.42 Å². The smallest absolute Gasteiger partial charge is 0.271 e. The molecule has 0 radical (unpaired) electrons. The lowest BCUT2D eigenvalue weighted by Gasteiger charge is -2.06. The summed E-state index contributed by atoms with van der Waals surface area (Å²) in [7, 11) is -3.27. The molecule has 1 amide bonds. The number of aliphatic hydroxyl groups excluding tert-OH is 1. The average molecular weight is 311 g/mol. The van der Waals surface area contributed by atoms with Crippen LogP contribution in [0.2, 0.25) is 0 Å². The second kappa shape index (κ2) is 8.36.